The highest BCUT2D eigenvalue weighted by atomic mass is 35.5. The van der Waals surface area contributed by atoms with E-state index in [4.69, 9.17) is 11.6 Å². The average Bonchev–Trinajstić information content (AvgIpc) is 2.26. The molecule has 8 heteroatoms. The lowest BCUT2D eigenvalue weighted by Gasteiger charge is -2.14. The molecular weight excluding hydrogens is 295 g/mol. The van der Waals surface area contributed by atoms with Crippen LogP contribution in [0.5, 0.6) is 5.75 Å². The fraction of sp³-hybridized carbons (Fsp3) is 0.364. The molecule has 0 bridgehead atoms. The van der Waals surface area contributed by atoms with Gasteiger partial charge in [-0.05, 0) is 23.8 Å². The zero-order valence-electron chi connectivity index (χ0n) is 9.31. The van der Waals surface area contributed by atoms with Crippen LogP contribution in [0.15, 0.2) is 18.2 Å². The van der Waals surface area contributed by atoms with E-state index in [1.807, 2.05) is 0 Å². The van der Waals surface area contributed by atoms with Crippen LogP contribution in [0.4, 0.5) is 22.0 Å². The van der Waals surface area contributed by atoms with Gasteiger partial charge in [0.05, 0.1) is 11.4 Å². The number of carbonyl (C=O) groups excluding carboxylic acids is 1. The predicted octanol–water partition coefficient (Wildman–Crippen LogP) is 3.66. The number of ether oxygens (including phenoxy) is 1. The van der Waals surface area contributed by atoms with E-state index < -0.39 is 47.7 Å². The molecule has 0 aromatic heterocycles. The molecule has 0 atom stereocenters. The van der Waals surface area contributed by atoms with Gasteiger partial charge in [0.15, 0.2) is 5.78 Å². The Kier molecular flexibility index (Phi) is 5.11. The molecule has 0 heterocycles. The third-order valence-electron chi connectivity index (χ3n) is 2.14. The lowest BCUT2D eigenvalue weighted by atomic mass is 10.0. The minimum absolute atomic E-state index is 0.444. The van der Waals surface area contributed by atoms with Crippen LogP contribution in [0.2, 0.25) is 0 Å². The van der Waals surface area contributed by atoms with Crippen molar-refractivity contribution in [1.82, 2.24) is 0 Å². The van der Waals surface area contributed by atoms with Gasteiger partial charge in [-0.15, -0.1) is 11.6 Å². The fourth-order valence-corrected chi connectivity index (χ4v) is 1.52. The Bertz CT molecular complexity index is 459. The first-order valence-corrected chi connectivity index (χ1v) is 5.50. The van der Waals surface area contributed by atoms with Crippen LogP contribution in [0.1, 0.15) is 11.1 Å². The van der Waals surface area contributed by atoms with Crippen molar-refractivity contribution in [2.45, 2.75) is 19.2 Å². The average molecular weight is 303 g/mol. The summed E-state index contributed by atoms with van der Waals surface area (Å²) in [5.74, 6) is -1.56. The molecule has 106 valence electrons. The summed E-state index contributed by atoms with van der Waals surface area (Å²) in [5, 5.41) is 0. The number of rotatable bonds is 5. The van der Waals surface area contributed by atoms with E-state index in [1.165, 1.54) is 0 Å². The van der Waals surface area contributed by atoms with Crippen LogP contribution in [-0.4, -0.2) is 18.3 Å². The fourth-order valence-electron chi connectivity index (χ4n) is 1.43. The second kappa shape index (κ2) is 6.18. The van der Waals surface area contributed by atoms with Gasteiger partial charge in [-0.1, -0.05) is 0 Å². The van der Waals surface area contributed by atoms with Gasteiger partial charge in [0.1, 0.15) is 5.75 Å². The summed E-state index contributed by atoms with van der Waals surface area (Å²) in [4.78, 5) is 11.1. The number of carbonyl (C=O) groups is 1. The Morgan fingerprint density at radius 2 is 1.95 bits per heavy atom. The Morgan fingerprint density at radius 1 is 1.32 bits per heavy atom. The van der Waals surface area contributed by atoms with Gasteiger partial charge < -0.3 is 4.74 Å². The van der Waals surface area contributed by atoms with Crippen molar-refractivity contribution in [3.05, 3.63) is 29.3 Å². The Morgan fingerprint density at radius 3 is 2.42 bits per heavy atom. The number of alkyl halides is 6. The predicted molar refractivity (Wildman–Crippen MR) is 57.5 cm³/mol. The lowest BCUT2D eigenvalue weighted by molar-refractivity contribution is -0.138. The minimum atomic E-state index is -4.69. The van der Waals surface area contributed by atoms with E-state index in [1.54, 1.807) is 0 Å². The summed E-state index contributed by atoms with van der Waals surface area (Å²) >= 11 is 5.21. The normalized spacial score (nSPS) is 11.7. The van der Waals surface area contributed by atoms with Crippen molar-refractivity contribution in [2.75, 3.05) is 5.88 Å². The van der Waals surface area contributed by atoms with Crippen LogP contribution < -0.4 is 4.74 Å². The number of ketones is 1. The molecule has 1 rings (SSSR count). The van der Waals surface area contributed by atoms with E-state index >= 15 is 0 Å². The summed E-state index contributed by atoms with van der Waals surface area (Å²) in [7, 11) is 0. The molecule has 1 aromatic rings. The van der Waals surface area contributed by atoms with Gasteiger partial charge in [0.25, 0.3) is 0 Å². The smallest absolute Gasteiger partial charge is 0.416 e. The van der Waals surface area contributed by atoms with Gasteiger partial charge in [0, 0.05) is 6.42 Å². The first-order valence-electron chi connectivity index (χ1n) is 4.96. The largest absolute Gasteiger partial charge is 0.435 e. The van der Waals surface area contributed by atoms with Gasteiger partial charge in [0.2, 0.25) is 0 Å². The molecule has 0 aliphatic rings. The maximum atomic E-state index is 12.7. The summed E-state index contributed by atoms with van der Waals surface area (Å²) in [6, 6.07) is 2.12. The zero-order valence-corrected chi connectivity index (χ0v) is 10.1. The highest BCUT2D eigenvalue weighted by Gasteiger charge is 2.33. The maximum Gasteiger partial charge on any atom is 0.416 e. The second-order valence-corrected chi connectivity index (χ2v) is 3.81. The van der Waals surface area contributed by atoms with Crippen LogP contribution in [0.25, 0.3) is 0 Å². The Hall–Kier alpha value is -1.37. The first kappa shape index (κ1) is 15.7. The third-order valence-corrected chi connectivity index (χ3v) is 2.44. The summed E-state index contributed by atoms with van der Waals surface area (Å²) in [6.07, 6.45) is -5.29. The SMILES string of the molecule is O=C(CCl)Cc1cc(OC(F)F)ccc1C(F)(F)F. The summed E-state index contributed by atoms with van der Waals surface area (Å²) in [5.41, 5.74) is -1.52. The second-order valence-electron chi connectivity index (χ2n) is 3.54. The molecule has 0 saturated carbocycles. The van der Waals surface area contributed by atoms with Crippen molar-refractivity contribution in [3.8, 4) is 5.75 Å². The van der Waals surface area contributed by atoms with Crippen molar-refractivity contribution < 1.29 is 31.5 Å². The van der Waals surface area contributed by atoms with Crippen molar-refractivity contribution in [1.29, 1.82) is 0 Å². The first-order chi connectivity index (χ1) is 8.74. The molecule has 2 nitrogen and oxygen atoms in total. The third kappa shape index (κ3) is 4.66. The van der Waals surface area contributed by atoms with E-state index in [2.05, 4.69) is 4.74 Å². The number of halogens is 6. The van der Waals surface area contributed by atoms with Crippen LogP contribution >= 0.6 is 11.6 Å². The Labute approximate surface area is 110 Å². The molecule has 0 fully saturated rings. The highest BCUT2D eigenvalue weighted by molar-refractivity contribution is 6.27. The Balaban J connectivity index is 3.14. The molecule has 0 unspecified atom stereocenters. The minimum Gasteiger partial charge on any atom is -0.435 e. The van der Waals surface area contributed by atoms with Gasteiger partial charge in [-0.3, -0.25) is 4.79 Å². The van der Waals surface area contributed by atoms with E-state index in [-0.39, 0.29) is 0 Å². The molecule has 19 heavy (non-hydrogen) atoms. The quantitative estimate of drug-likeness (QED) is 0.613. The van der Waals surface area contributed by atoms with Crippen molar-refractivity contribution >= 4 is 17.4 Å². The number of hydrogen-bond donors (Lipinski definition) is 0. The van der Waals surface area contributed by atoms with Crippen molar-refractivity contribution in [3.63, 3.8) is 0 Å². The van der Waals surface area contributed by atoms with Crippen LogP contribution in [0.3, 0.4) is 0 Å². The van der Waals surface area contributed by atoms with Gasteiger partial charge >= 0.3 is 12.8 Å². The monoisotopic (exact) mass is 302 g/mol. The molecule has 0 saturated heterocycles. The molecular formula is C11H8ClF5O2. The molecule has 0 N–H and O–H groups in total. The molecule has 0 amide bonds. The molecule has 0 aliphatic heterocycles. The van der Waals surface area contributed by atoms with Crippen molar-refractivity contribution in [2.24, 2.45) is 0 Å². The molecule has 0 radical (unpaired) electrons. The van der Waals surface area contributed by atoms with Crippen LogP contribution in [0, 0.1) is 0 Å². The summed E-state index contributed by atoms with van der Waals surface area (Å²) in [6.45, 7) is -3.16. The standard InChI is InChI=1S/C11H8ClF5O2/c12-5-7(18)3-6-4-8(19-10(13)14)1-2-9(6)11(15,16)17/h1-2,4,10H,3,5H2. The molecule has 0 spiro atoms. The maximum absolute atomic E-state index is 12.7. The number of Topliss-reactive ketones (excluding diaryl/α,β-unsaturated/α-hetero) is 1. The highest BCUT2D eigenvalue weighted by Crippen LogP contribution is 2.34. The van der Waals surface area contributed by atoms with E-state index in [0.29, 0.717) is 6.07 Å². The molecule has 0 aliphatic carbocycles. The van der Waals surface area contributed by atoms with Gasteiger partial charge in [-0.25, -0.2) is 0 Å². The summed E-state index contributed by atoms with van der Waals surface area (Å²) < 4.78 is 65.9. The van der Waals surface area contributed by atoms with Crippen LogP contribution in [-0.2, 0) is 17.4 Å². The number of hydrogen-bond acceptors (Lipinski definition) is 2. The zero-order chi connectivity index (χ0) is 14.6. The van der Waals surface area contributed by atoms with Gasteiger partial charge in [-0.2, -0.15) is 22.0 Å². The lowest BCUT2D eigenvalue weighted by Crippen LogP contribution is -2.14. The molecule has 1 aromatic carbocycles. The van der Waals surface area contributed by atoms with E-state index in [0.717, 1.165) is 12.1 Å². The van der Waals surface area contributed by atoms with E-state index in [9.17, 15) is 26.7 Å². The number of benzene rings is 1. The topological polar surface area (TPSA) is 26.3 Å².